The molecule has 0 bridgehead atoms. The van der Waals surface area contributed by atoms with Gasteiger partial charge < -0.3 is 4.90 Å². The van der Waals surface area contributed by atoms with Crippen LogP contribution in [0.4, 0.5) is 0 Å². The summed E-state index contributed by atoms with van der Waals surface area (Å²) in [5.74, 6) is 0.0657. The molecule has 3 nitrogen and oxygen atoms in total. The van der Waals surface area contributed by atoms with Crippen molar-refractivity contribution >= 4 is 40.1 Å². The zero-order valence-electron chi connectivity index (χ0n) is 11.3. The molecule has 1 aliphatic carbocycles. The van der Waals surface area contributed by atoms with Crippen LogP contribution in [0.25, 0.3) is 0 Å². The first-order chi connectivity index (χ1) is 10.1. The van der Waals surface area contributed by atoms with Gasteiger partial charge in [-0.2, -0.15) is 0 Å². The van der Waals surface area contributed by atoms with Gasteiger partial charge in [0.1, 0.15) is 0 Å². The predicted octanol–water partition coefficient (Wildman–Crippen LogP) is 4.14. The number of carbonyl (C=O) groups excluding carboxylic acids is 1. The van der Waals surface area contributed by atoms with Gasteiger partial charge in [-0.15, -0.1) is 0 Å². The number of aromatic nitrogens is 1. The number of rotatable bonds is 4. The number of benzene rings is 1. The number of nitrogens with zero attached hydrogens (tertiary/aromatic N) is 2. The summed E-state index contributed by atoms with van der Waals surface area (Å²) in [5.41, 5.74) is 1.75. The van der Waals surface area contributed by atoms with Crippen LogP contribution in [0.5, 0.6) is 0 Å². The van der Waals surface area contributed by atoms with Crippen molar-refractivity contribution in [2.45, 2.75) is 25.4 Å². The molecular formula is C16H14ClIN2O. The Morgan fingerprint density at radius 3 is 2.81 bits per heavy atom. The molecule has 1 amide bonds. The van der Waals surface area contributed by atoms with Gasteiger partial charge in [0.15, 0.2) is 0 Å². The van der Waals surface area contributed by atoms with E-state index in [0.29, 0.717) is 23.2 Å². The third kappa shape index (κ3) is 3.55. The Hall–Kier alpha value is -1.14. The number of hydrogen-bond acceptors (Lipinski definition) is 2. The van der Waals surface area contributed by atoms with Crippen molar-refractivity contribution in [2.24, 2.45) is 0 Å². The first kappa shape index (κ1) is 14.8. The molecule has 1 aliphatic rings. The van der Waals surface area contributed by atoms with Crippen LogP contribution in [0.1, 0.15) is 28.8 Å². The minimum absolute atomic E-state index is 0.0657. The van der Waals surface area contributed by atoms with Crippen LogP contribution < -0.4 is 0 Å². The Balaban J connectivity index is 1.83. The molecule has 0 atom stereocenters. The zero-order chi connectivity index (χ0) is 14.8. The molecule has 2 aromatic rings. The summed E-state index contributed by atoms with van der Waals surface area (Å²) in [4.78, 5) is 18.8. The summed E-state index contributed by atoms with van der Waals surface area (Å²) in [7, 11) is 0. The lowest BCUT2D eigenvalue weighted by molar-refractivity contribution is 0.0729. The van der Waals surface area contributed by atoms with Gasteiger partial charge >= 0.3 is 0 Å². The van der Waals surface area contributed by atoms with Crippen molar-refractivity contribution in [2.75, 3.05) is 0 Å². The fourth-order valence-electron chi connectivity index (χ4n) is 2.24. The molecule has 21 heavy (non-hydrogen) atoms. The molecular weight excluding hydrogens is 399 g/mol. The van der Waals surface area contributed by atoms with E-state index in [2.05, 4.69) is 27.6 Å². The summed E-state index contributed by atoms with van der Waals surface area (Å²) < 4.78 is 0.900. The van der Waals surface area contributed by atoms with Crippen molar-refractivity contribution in [3.63, 3.8) is 0 Å². The maximum Gasteiger partial charge on any atom is 0.254 e. The number of carbonyl (C=O) groups is 1. The highest BCUT2D eigenvalue weighted by atomic mass is 127. The van der Waals surface area contributed by atoms with E-state index in [9.17, 15) is 4.79 Å². The van der Waals surface area contributed by atoms with Gasteiger partial charge in [-0.25, -0.2) is 0 Å². The third-order valence-corrected chi connectivity index (χ3v) is 5.03. The Labute approximate surface area is 142 Å². The highest BCUT2D eigenvalue weighted by Gasteiger charge is 2.33. The van der Waals surface area contributed by atoms with Crippen LogP contribution in [0, 0.1) is 3.57 Å². The van der Waals surface area contributed by atoms with Crippen molar-refractivity contribution in [3.05, 3.63) is 62.4 Å². The van der Waals surface area contributed by atoms with Gasteiger partial charge in [-0.05, 0) is 65.3 Å². The third-order valence-electron chi connectivity index (χ3n) is 3.49. The van der Waals surface area contributed by atoms with Crippen LogP contribution in [-0.4, -0.2) is 21.8 Å². The molecule has 0 N–H and O–H groups in total. The van der Waals surface area contributed by atoms with Crippen molar-refractivity contribution in [3.8, 4) is 0 Å². The minimum atomic E-state index is 0.0657. The molecule has 0 aliphatic heterocycles. The first-order valence-electron chi connectivity index (χ1n) is 6.80. The molecule has 1 heterocycles. The minimum Gasteiger partial charge on any atom is -0.331 e. The summed E-state index contributed by atoms with van der Waals surface area (Å²) in [6, 6.07) is 9.68. The second-order valence-electron chi connectivity index (χ2n) is 5.15. The fraction of sp³-hybridized carbons (Fsp3) is 0.250. The Morgan fingerprint density at radius 2 is 2.19 bits per heavy atom. The van der Waals surface area contributed by atoms with E-state index < -0.39 is 0 Å². The van der Waals surface area contributed by atoms with Gasteiger partial charge in [0, 0.05) is 34.1 Å². The molecule has 0 spiro atoms. The maximum absolute atomic E-state index is 12.8. The molecule has 3 rings (SSSR count). The van der Waals surface area contributed by atoms with E-state index in [4.69, 9.17) is 11.6 Å². The lowest BCUT2D eigenvalue weighted by Gasteiger charge is -2.22. The smallest absolute Gasteiger partial charge is 0.254 e. The molecule has 108 valence electrons. The molecule has 0 saturated heterocycles. The summed E-state index contributed by atoms with van der Waals surface area (Å²) in [6.45, 7) is 0.608. The lowest BCUT2D eigenvalue weighted by Crippen LogP contribution is -2.32. The largest absolute Gasteiger partial charge is 0.331 e. The second-order valence-corrected chi connectivity index (χ2v) is 6.72. The van der Waals surface area contributed by atoms with E-state index in [1.54, 1.807) is 18.3 Å². The number of amides is 1. The number of pyridine rings is 1. The van der Waals surface area contributed by atoms with Gasteiger partial charge in [-0.1, -0.05) is 17.7 Å². The van der Waals surface area contributed by atoms with E-state index >= 15 is 0 Å². The second kappa shape index (κ2) is 6.32. The molecule has 0 radical (unpaired) electrons. The molecule has 1 fully saturated rings. The van der Waals surface area contributed by atoms with Crippen molar-refractivity contribution < 1.29 is 4.79 Å². The van der Waals surface area contributed by atoms with Crippen LogP contribution in [-0.2, 0) is 6.54 Å². The molecule has 1 aromatic carbocycles. The Kier molecular flexibility index (Phi) is 4.45. The first-order valence-corrected chi connectivity index (χ1v) is 8.26. The van der Waals surface area contributed by atoms with Crippen molar-refractivity contribution in [1.29, 1.82) is 0 Å². The average Bonchev–Trinajstić information content (AvgIpc) is 3.33. The Bertz CT molecular complexity index is 659. The Morgan fingerprint density at radius 1 is 1.38 bits per heavy atom. The van der Waals surface area contributed by atoms with Crippen LogP contribution in [0.3, 0.4) is 0 Å². The SMILES string of the molecule is O=C(c1ccc(Cl)c(I)c1)N(Cc1cccnc1)C1CC1. The van der Waals surface area contributed by atoms with Gasteiger partial charge in [-0.3, -0.25) is 9.78 Å². The average molecular weight is 413 g/mol. The lowest BCUT2D eigenvalue weighted by atomic mass is 10.1. The normalized spacial score (nSPS) is 14.0. The number of halogens is 2. The zero-order valence-corrected chi connectivity index (χ0v) is 14.2. The quantitative estimate of drug-likeness (QED) is 0.707. The van der Waals surface area contributed by atoms with Gasteiger partial charge in [0.2, 0.25) is 0 Å². The van der Waals surface area contributed by atoms with E-state index in [1.807, 2.05) is 29.3 Å². The van der Waals surface area contributed by atoms with E-state index in [-0.39, 0.29) is 5.91 Å². The molecule has 0 unspecified atom stereocenters. The van der Waals surface area contributed by atoms with Crippen LogP contribution in [0.2, 0.25) is 5.02 Å². The highest BCUT2D eigenvalue weighted by Crippen LogP contribution is 2.30. The monoisotopic (exact) mass is 412 g/mol. The van der Waals surface area contributed by atoms with Gasteiger partial charge in [0.25, 0.3) is 5.91 Å². The number of hydrogen-bond donors (Lipinski definition) is 0. The summed E-state index contributed by atoms with van der Waals surface area (Å²) >= 11 is 8.18. The van der Waals surface area contributed by atoms with E-state index in [1.165, 1.54) is 0 Å². The van der Waals surface area contributed by atoms with Crippen LogP contribution in [0.15, 0.2) is 42.7 Å². The van der Waals surface area contributed by atoms with Crippen molar-refractivity contribution in [1.82, 2.24) is 9.88 Å². The molecule has 1 saturated carbocycles. The van der Waals surface area contributed by atoms with Gasteiger partial charge in [0.05, 0.1) is 5.02 Å². The predicted molar refractivity (Wildman–Crippen MR) is 91.3 cm³/mol. The standard InChI is InChI=1S/C16H14ClIN2O/c17-14-6-3-12(8-15(14)18)16(21)20(13-4-5-13)10-11-2-1-7-19-9-11/h1-3,6-9,13H,4-5,10H2. The van der Waals surface area contributed by atoms with Crippen LogP contribution >= 0.6 is 34.2 Å². The fourth-order valence-corrected chi connectivity index (χ4v) is 2.87. The topological polar surface area (TPSA) is 33.2 Å². The maximum atomic E-state index is 12.8. The summed E-state index contributed by atoms with van der Waals surface area (Å²) in [5, 5.41) is 0.678. The highest BCUT2D eigenvalue weighted by molar-refractivity contribution is 14.1. The molecule has 1 aromatic heterocycles. The molecule has 5 heteroatoms. The summed E-state index contributed by atoms with van der Waals surface area (Å²) in [6.07, 6.45) is 5.72. The van der Waals surface area contributed by atoms with E-state index in [0.717, 1.165) is 22.0 Å².